The molecule has 0 spiro atoms. The molecule has 8 nitrogen and oxygen atoms in total. The van der Waals surface area contributed by atoms with Crippen molar-refractivity contribution < 1.29 is 4.79 Å². The molecule has 1 fully saturated rings. The number of fused-ring (bicyclic) bond motifs is 2. The number of H-pyrrole nitrogens is 1. The summed E-state index contributed by atoms with van der Waals surface area (Å²) in [6.07, 6.45) is 5.21. The predicted octanol–water partition coefficient (Wildman–Crippen LogP) is 4.38. The Bertz CT molecular complexity index is 1550. The van der Waals surface area contributed by atoms with Gasteiger partial charge in [-0.25, -0.2) is 0 Å². The van der Waals surface area contributed by atoms with E-state index in [4.69, 9.17) is 11.6 Å². The number of benzene rings is 2. The van der Waals surface area contributed by atoms with Crippen LogP contribution < -0.4 is 15.5 Å². The van der Waals surface area contributed by atoms with Crippen LogP contribution in [-0.4, -0.2) is 59.7 Å². The zero-order chi connectivity index (χ0) is 26.3. The number of aromatic nitrogens is 4. The quantitative estimate of drug-likeness (QED) is 0.282. The van der Waals surface area contributed by atoms with Crippen LogP contribution >= 0.6 is 11.6 Å². The van der Waals surface area contributed by atoms with Gasteiger partial charge in [0.05, 0.1) is 28.6 Å². The fourth-order valence-corrected chi connectivity index (χ4v) is 4.77. The second-order valence-electron chi connectivity index (χ2n) is 9.23. The van der Waals surface area contributed by atoms with E-state index < -0.39 is 0 Å². The summed E-state index contributed by atoms with van der Waals surface area (Å²) in [5.41, 5.74) is 6.92. The van der Waals surface area contributed by atoms with Crippen LogP contribution in [0, 0.1) is 0 Å². The van der Waals surface area contributed by atoms with Crippen molar-refractivity contribution >= 4 is 45.4 Å². The first-order valence-electron chi connectivity index (χ1n) is 12.6. The number of pyridine rings is 2. The van der Waals surface area contributed by atoms with E-state index in [2.05, 4.69) is 60.0 Å². The smallest absolute Gasteiger partial charge is 0.150 e. The van der Waals surface area contributed by atoms with E-state index in [1.54, 1.807) is 12.3 Å². The lowest BCUT2D eigenvalue weighted by Crippen LogP contribution is -2.43. The van der Waals surface area contributed by atoms with E-state index in [9.17, 15) is 4.79 Å². The lowest BCUT2D eigenvalue weighted by molar-refractivity contribution is 0.112. The molecular formula is C29H30ClN7O. The van der Waals surface area contributed by atoms with Crippen molar-refractivity contribution in [2.75, 3.05) is 38.1 Å². The Balaban J connectivity index is 0.000000190. The molecule has 194 valence electrons. The van der Waals surface area contributed by atoms with Gasteiger partial charge in [-0.05, 0) is 61.1 Å². The largest absolute Gasteiger partial charge is 0.368 e. The van der Waals surface area contributed by atoms with Gasteiger partial charge in [0.25, 0.3) is 0 Å². The van der Waals surface area contributed by atoms with Gasteiger partial charge >= 0.3 is 0 Å². The van der Waals surface area contributed by atoms with Gasteiger partial charge < -0.3 is 15.5 Å². The molecule has 3 aromatic heterocycles. The van der Waals surface area contributed by atoms with Gasteiger partial charge in [0, 0.05) is 72.4 Å². The van der Waals surface area contributed by atoms with Crippen molar-refractivity contribution in [3.05, 3.63) is 94.5 Å². The second kappa shape index (κ2) is 12.1. The number of hydrogen-bond acceptors (Lipinski definition) is 7. The van der Waals surface area contributed by atoms with Crippen LogP contribution in [0.15, 0.2) is 67.0 Å². The summed E-state index contributed by atoms with van der Waals surface area (Å²) >= 11 is 5.89. The number of anilines is 1. The molecule has 3 N–H and O–H groups in total. The van der Waals surface area contributed by atoms with Gasteiger partial charge in [-0.15, -0.1) is 0 Å². The number of carbonyl (C=O) groups is 1. The summed E-state index contributed by atoms with van der Waals surface area (Å²) in [5, 5.41) is 16.5. The standard InChI is InChI=1S/C20H20N4O.C9H10ClN3/c25-14-16-3-4-22-18(11-16)10-15-1-2-20-17(9-15)12-19(13-23-20)24-7-5-21-6-8-24;1-11-5-9-7-4-6(10)2-3-8(7)12-13-9/h1-4,9,11-14,21H,5-8,10H2;2-4,11H,5H2,1H3,(H,12,13). The molecule has 1 saturated heterocycles. The molecule has 6 rings (SSSR count). The van der Waals surface area contributed by atoms with Crippen LogP contribution in [0.5, 0.6) is 0 Å². The third-order valence-corrected chi connectivity index (χ3v) is 6.76. The van der Waals surface area contributed by atoms with Crippen molar-refractivity contribution in [2.24, 2.45) is 0 Å². The molecule has 9 heteroatoms. The minimum Gasteiger partial charge on any atom is -0.368 e. The maximum atomic E-state index is 10.9. The molecular weight excluding hydrogens is 498 g/mol. The molecule has 0 saturated carbocycles. The number of piperazine rings is 1. The molecule has 0 radical (unpaired) electrons. The maximum absolute atomic E-state index is 10.9. The van der Waals surface area contributed by atoms with Gasteiger partial charge in [-0.3, -0.25) is 19.9 Å². The first-order chi connectivity index (χ1) is 18.6. The average molecular weight is 528 g/mol. The van der Waals surface area contributed by atoms with Crippen molar-refractivity contribution in [2.45, 2.75) is 13.0 Å². The SMILES string of the molecule is CNCc1[nH]nc2ccc(Cl)cc12.O=Cc1ccnc(Cc2ccc3ncc(N4CCNCC4)cc3c2)c1. The van der Waals surface area contributed by atoms with E-state index >= 15 is 0 Å². The number of nitrogens with zero attached hydrogens (tertiary/aromatic N) is 4. The van der Waals surface area contributed by atoms with Crippen molar-refractivity contribution in [3.8, 4) is 0 Å². The minimum atomic E-state index is 0.661. The molecule has 1 aliphatic rings. The second-order valence-corrected chi connectivity index (χ2v) is 9.66. The van der Waals surface area contributed by atoms with Crippen molar-refractivity contribution in [1.29, 1.82) is 0 Å². The fraction of sp³-hybridized carbons (Fsp3) is 0.241. The molecule has 4 heterocycles. The van der Waals surface area contributed by atoms with Crippen LogP contribution in [0.25, 0.3) is 21.8 Å². The van der Waals surface area contributed by atoms with Gasteiger partial charge in [0.15, 0.2) is 0 Å². The van der Waals surface area contributed by atoms with Crippen LogP contribution in [0.3, 0.4) is 0 Å². The molecule has 0 amide bonds. The van der Waals surface area contributed by atoms with Crippen molar-refractivity contribution in [3.63, 3.8) is 0 Å². The summed E-state index contributed by atoms with van der Waals surface area (Å²) < 4.78 is 0. The zero-order valence-electron chi connectivity index (χ0n) is 21.2. The number of aldehydes is 1. The number of aromatic amines is 1. The third-order valence-electron chi connectivity index (χ3n) is 6.52. The first-order valence-corrected chi connectivity index (χ1v) is 13.0. The van der Waals surface area contributed by atoms with E-state index in [1.165, 1.54) is 11.3 Å². The molecule has 0 atom stereocenters. The van der Waals surface area contributed by atoms with Gasteiger partial charge in [0.2, 0.25) is 0 Å². The number of carbonyl (C=O) groups excluding carboxylic acids is 1. The summed E-state index contributed by atoms with van der Waals surface area (Å²) in [4.78, 5) is 22.3. The Morgan fingerprint density at radius 1 is 1.03 bits per heavy atom. The van der Waals surface area contributed by atoms with E-state index in [0.717, 1.165) is 77.2 Å². The molecule has 38 heavy (non-hydrogen) atoms. The van der Waals surface area contributed by atoms with Crippen LogP contribution in [0.4, 0.5) is 5.69 Å². The summed E-state index contributed by atoms with van der Waals surface area (Å²) in [6.45, 7) is 4.81. The molecule has 2 aromatic carbocycles. The molecule has 1 aliphatic heterocycles. The van der Waals surface area contributed by atoms with Gasteiger partial charge in [-0.2, -0.15) is 5.10 Å². The number of hydrogen-bond donors (Lipinski definition) is 3. The Morgan fingerprint density at radius 3 is 2.68 bits per heavy atom. The molecule has 5 aromatic rings. The Hall–Kier alpha value is -3.85. The molecule has 0 aliphatic carbocycles. The Labute approximate surface area is 226 Å². The number of halogens is 1. The predicted molar refractivity (Wildman–Crippen MR) is 153 cm³/mol. The summed E-state index contributed by atoms with van der Waals surface area (Å²) in [7, 11) is 1.90. The minimum absolute atomic E-state index is 0.661. The van der Waals surface area contributed by atoms with Gasteiger partial charge in [-0.1, -0.05) is 17.7 Å². The highest BCUT2D eigenvalue weighted by atomic mass is 35.5. The monoisotopic (exact) mass is 527 g/mol. The highest BCUT2D eigenvalue weighted by Gasteiger charge is 2.11. The fourth-order valence-electron chi connectivity index (χ4n) is 4.60. The normalized spacial score (nSPS) is 13.4. The van der Waals surface area contributed by atoms with Crippen LogP contribution in [-0.2, 0) is 13.0 Å². The highest BCUT2D eigenvalue weighted by molar-refractivity contribution is 6.31. The van der Waals surface area contributed by atoms with Crippen molar-refractivity contribution in [1.82, 2.24) is 30.8 Å². The van der Waals surface area contributed by atoms with Crippen LogP contribution in [0.1, 0.15) is 27.3 Å². The zero-order valence-corrected chi connectivity index (χ0v) is 22.0. The highest BCUT2D eigenvalue weighted by Crippen LogP contribution is 2.23. The van der Waals surface area contributed by atoms with E-state index in [-0.39, 0.29) is 0 Å². The third kappa shape index (κ3) is 6.16. The number of nitrogens with one attached hydrogen (secondary N) is 3. The van der Waals surface area contributed by atoms with E-state index in [0.29, 0.717) is 12.0 Å². The lowest BCUT2D eigenvalue weighted by Gasteiger charge is -2.29. The number of rotatable bonds is 6. The summed E-state index contributed by atoms with van der Waals surface area (Å²) in [6, 6.07) is 17.8. The maximum Gasteiger partial charge on any atom is 0.150 e. The average Bonchev–Trinajstić information content (AvgIpc) is 3.35. The van der Waals surface area contributed by atoms with Crippen LogP contribution in [0.2, 0.25) is 5.02 Å². The first kappa shape index (κ1) is 25.8. The van der Waals surface area contributed by atoms with Gasteiger partial charge in [0.1, 0.15) is 6.29 Å². The van der Waals surface area contributed by atoms with E-state index in [1.807, 2.05) is 37.5 Å². The molecule has 0 bridgehead atoms. The lowest BCUT2D eigenvalue weighted by atomic mass is 10.0. The summed E-state index contributed by atoms with van der Waals surface area (Å²) in [5.74, 6) is 0. The topological polar surface area (TPSA) is 98.8 Å². The molecule has 0 unspecified atom stereocenters. The Kier molecular flexibility index (Phi) is 8.23. The Morgan fingerprint density at radius 2 is 1.87 bits per heavy atom.